The smallest absolute Gasteiger partial charge is 0.229 e. The Balaban J connectivity index is 0.00000161. The Morgan fingerprint density at radius 3 is 3.00 bits per heavy atom. The van der Waals surface area contributed by atoms with E-state index in [1.54, 1.807) is 11.3 Å². The first-order valence-corrected chi connectivity index (χ1v) is 8.48. The summed E-state index contributed by atoms with van der Waals surface area (Å²) in [6.45, 7) is 2.90. The molecule has 3 atom stereocenters. The molecule has 21 heavy (non-hydrogen) atoms. The molecule has 1 amide bonds. The number of hydrogen-bond donors (Lipinski definition) is 2. The van der Waals surface area contributed by atoms with Crippen LogP contribution in [0.3, 0.4) is 0 Å². The van der Waals surface area contributed by atoms with Gasteiger partial charge in [-0.15, -0.1) is 23.7 Å². The lowest BCUT2D eigenvalue weighted by Gasteiger charge is -2.16. The third-order valence-electron chi connectivity index (χ3n) is 4.71. The fourth-order valence-electron chi connectivity index (χ4n) is 3.46. The van der Waals surface area contributed by atoms with Crippen LogP contribution in [-0.4, -0.2) is 17.4 Å². The van der Waals surface area contributed by atoms with Gasteiger partial charge in [-0.1, -0.05) is 13.3 Å². The number of rotatable bonds is 3. The summed E-state index contributed by atoms with van der Waals surface area (Å²) in [6, 6.07) is 0. The average Bonchev–Trinajstić information content (AvgIpc) is 3.03. The molecular formula is C15H24ClN3OS. The molecule has 0 radical (unpaired) electrons. The predicted octanol–water partition coefficient (Wildman–Crippen LogP) is 3.00. The van der Waals surface area contributed by atoms with Gasteiger partial charge < -0.3 is 11.1 Å². The summed E-state index contributed by atoms with van der Waals surface area (Å²) < 4.78 is 0. The van der Waals surface area contributed by atoms with Crippen molar-refractivity contribution in [2.75, 3.05) is 11.9 Å². The Kier molecular flexibility index (Phi) is 5.63. The van der Waals surface area contributed by atoms with E-state index >= 15 is 0 Å². The zero-order valence-electron chi connectivity index (χ0n) is 12.4. The number of hydrogen-bond acceptors (Lipinski definition) is 4. The molecule has 0 spiro atoms. The maximum absolute atomic E-state index is 12.4. The molecular weight excluding hydrogens is 306 g/mol. The molecule has 0 saturated heterocycles. The van der Waals surface area contributed by atoms with Crippen molar-refractivity contribution in [3.63, 3.8) is 0 Å². The zero-order valence-corrected chi connectivity index (χ0v) is 14.1. The molecule has 0 aliphatic heterocycles. The van der Waals surface area contributed by atoms with E-state index in [0.29, 0.717) is 12.5 Å². The van der Waals surface area contributed by atoms with Crippen molar-refractivity contribution in [3.05, 3.63) is 10.6 Å². The highest BCUT2D eigenvalue weighted by atomic mass is 35.5. The molecule has 1 heterocycles. The molecule has 2 aliphatic carbocycles. The van der Waals surface area contributed by atoms with Gasteiger partial charge in [0.2, 0.25) is 5.91 Å². The standard InChI is InChI=1S/C15H23N3OS.ClH/c1-9-5-6-12-13(7-9)20-15(17-12)18-14(19)11-4-2-3-10(11)8-16;/h9-11H,2-8,16H2,1H3,(H,17,18,19);1H/t9?,10-,11-;/m1./s1. The number of nitrogens with one attached hydrogen (secondary N) is 1. The minimum absolute atomic E-state index is 0. The van der Waals surface area contributed by atoms with E-state index < -0.39 is 0 Å². The number of amides is 1. The van der Waals surface area contributed by atoms with Crippen LogP contribution >= 0.6 is 23.7 Å². The molecule has 3 N–H and O–H groups in total. The summed E-state index contributed by atoms with van der Waals surface area (Å²) in [4.78, 5) is 18.3. The Bertz CT molecular complexity index is 505. The minimum atomic E-state index is 0. The Labute approximate surface area is 136 Å². The molecule has 1 aromatic rings. The van der Waals surface area contributed by atoms with Crippen molar-refractivity contribution in [2.45, 2.75) is 45.4 Å². The number of aromatic nitrogens is 1. The van der Waals surface area contributed by atoms with Crippen molar-refractivity contribution >= 4 is 34.8 Å². The summed E-state index contributed by atoms with van der Waals surface area (Å²) in [5, 5.41) is 3.82. The van der Waals surface area contributed by atoms with Crippen molar-refractivity contribution in [3.8, 4) is 0 Å². The quantitative estimate of drug-likeness (QED) is 0.895. The topological polar surface area (TPSA) is 68.0 Å². The number of nitrogens with two attached hydrogens (primary N) is 1. The number of carbonyl (C=O) groups excluding carboxylic acids is 1. The SMILES string of the molecule is CC1CCc2nc(NC(=O)[C@@H]3CCC[C@@H]3CN)sc2C1.Cl. The van der Waals surface area contributed by atoms with Gasteiger partial charge in [-0.25, -0.2) is 4.98 Å². The fourth-order valence-corrected chi connectivity index (χ4v) is 4.63. The van der Waals surface area contributed by atoms with Crippen molar-refractivity contribution in [1.82, 2.24) is 4.98 Å². The minimum Gasteiger partial charge on any atom is -0.330 e. The van der Waals surface area contributed by atoms with E-state index in [4.69, 9.17) is 5.73 Å². The van der Waals surface area contributed by atoms with Gasteiger partial charge in [-0.05, 0) is 50.5 Å². The van der Waals surface area contributed by atoms with Crippen LogP contribution in [0.25, 0.3) is 0 Å². The number of anilines is 1. The van der Waals surface area contributed by atoms with Crippen LogP contribution in [0.5, 0.6) is 0 Å². The predicted molar refractivity (Wildman–Crippen MR) is 89.1 cm³/mol. The maximum Gasteiger partial charge on any atom is 0.229 e. The highest BCUT2D eigenvalue weighted by Crippen LogP contribution is 2.34. The van der Waals surface area contributed by atoms with E-state index in [1.807, 2.05) is 0 Å². The van der Waals surface area contributed by atoms with Crippen LogP contribution in [-0.2, 0) is 17.6 Å². The van der Waals surface area contributed by atoms with Gasteiger partial charge in [-0.3, -0.25) is 4.79 Å². The molecule has 3 rings (SSSR count). The van der Waals surface area contributed by atoms with E-state index in [9.17, 15) is 4.79 Å². The molecule has 2 aliphatic rings. The molecule has 1 unspecified atom stereocenters. The van der Waals surface area contributed by atoms with Gasteiger partial charge in [0.15, 0.2) is 5.13 Å². The van der Waals surface area contributed by atoms with Gasteiger partial charge in [0.1, 0.15) is 0 Å². The first-order chi connectivity index (χ1) is 9.67. The van der Waals surface area contributed by atoms with E-state index in [-0.39, 0.29) is 24.2 Å². The number of aryl methyl sites for hydroxylation is 1. The van der Waals surface area contributed by atoms with Crippen LogP contribution in [0.2, 0.25) is 0 Å². The molecule has 118 valence electrons. The average molecular weight is 330 g/mol. The lowest BCUT2D eigenvalue weighted by molar-refractivity contribution is -0.120. The largest absolute Gasteiger partial charge is 0.330 e. The van der Waals surface area contributed by atoms with Crippen molar-refractivity contribution in [2.24, 2.45) is 23.5 Å². The second kappa shape index (κ2) is 7.07. The Morgan fingerprint density at radius 2 is 2.24 bits per heavy atom. The van der Waals surface area contributed by atoms with Crippen LogP contribution in [0.15, 0.2) is 0 Å². The highest BCUT2D eigenvalue weighted by Gasteiger charge is 2.32. The van der Waals surface area contributed by atoms with Crippen molar-refractivity contribution < 1.29 is 4.79 Å². The first kappa shape index (κ1) is 16.7. The molecule has 1 aromatic heterocycles. The summed E-state index contributed by atoms with van der Waals surface area (Å²) in [5.74, 6) is 1.30. The van der Waals surface area contributed by atoms with Crippen LogP contribution in [0.4, 0.5) is 5.13 Å². The summed E-state index contributed by atoms with van der Waals surface area (Å²) in [6.07, 6.45) is 6.54. The summed E-state index contributed by atoms with van der Waals surface area (Å²) in [7, 11) is 0. The zero-order chi connectivity index (χ0) is 14.1. The van der Waals surface area contributed by atoms with Gasteiger partial charge in [0.05, 0.1) is 5.69 Å². The van der Waals surface area contributed by atoms with Crippen molar-refractivity contribution in [1.29, 1.82) is 0 Å². The summed E-state index contributed by atoms with van der Waals surface area (Å²) in [5.41, 5.74) is 6.96. The van der Waals surface area contributed by atoms with E-state index in [0.717, 1.165) is 43.2 Å². The lowest BCUT2D eigenvalue weighted by Crippen LogP contribution is -2.29. The number of carbonyl (C=O) groups is 1. The van der Waals surface area contributed by atoms with Gasteiger partial charge >= 0.3 is 0 Å². The Morgan fingerprint density at radius 1 is 1.43 bits per heavy atom. The number of halogens is 1. The Hall–Kier alpha value is -0.650. The second-order valence-electron chi connectivity index (χ2n) is 6.26. The molecule has 1 fully saturated rings. The van der Waals surface area contributed by atoms with Gasteiger partial charge in [-0.2, -0.15) is 0 Å². The molecule has 1 saturated carbocycles. The first-order valence-electron chi connectivity index (χ1n) is 7.67. The van der Waals surface area contributed by atoms with E-state index in [2.05, 4.69) is 17.2 Å². The molecule has 6 heteroatoms. The third-order valence-corrected chi connectivity index (χ3v) is 5.75. The lowest BCUT2D eigenvalue weighted by atomic mass is 9.93. The second-order valence-corrected chi connectivity index (χ2v) is 7.34. The molecule has 0 aromatic carbocycles. The number of fused-ring (bicyclic) bond motifs is 1. The number of nitrogens with zero attached hydrogens (tertiary/aromatic N) is 1. The molecule has 0 bridgehead atoms. The van der Waals surface area contributed by atoms with Crippen LogP contribution < -0.4 is 11.1 Å². The van der Waals surface area contributed by atoms with E-state index in [1.165, 1.54) is 17.0 Å². The van der Waals surface area contributed by atoms with Crippen LogP contribution in [0, 0.1) is 17.8 Å². The molecule has 4 nitrogen and oxygen atoms in total. The van der Waals surface area contributed by atoms with Gasteiger partial charge in [0.25, 0.3) is 0 Å². The fraction of sp³-hybridized carbons (Fsp3) is 0.733. The van der Waals surface area contributed by atoms with Crippen LogP contribution in [0.1, 0.15) is 43.2 Å². The highest BCUT2D eigenvalue weighted by molar-refractivity contribution is 7.15. The summed E-state index contributed by atoms with van der Waals surface area (Å²) >= 11 is 1.66. The normalized spacial score (nSPS) is 27.8. The number of thiazole rings is 1. The monoisotopic (exact) mass is 329 g/mol. The third kappa shape index (κ3) is 3.58. The van der Waals surface area contributed by atoms with Gasteiger partial charge in [0, 0.05) is 10.8 Å². The maximum atomic E-state index is 12.4.